The van der Waals surface area contributed by atoms with Gasteiger partial charge in [0, 0.05) is 5.41 Å². The third-order valence-corrected chi connectivity index (χ3v) is 4.78. The van der Waals surface area contributed by atoms with Crippen molar-refractivity contribution in [1.82, 2.24) is 5.32 Å². The zero-order valence-corrected chi connectivity index (χ0v) is 12.3. The smallest absolute Gasteiger partial charge is 0.338 e. The van der Waals surface area contributed by atoms with Crippen molar-refractivity contribution in [3.8, 4) is 0 Å². The Kier molecular flexibility index (Phi) is 3.45. The van der Waals surface area contributed by atoms with E-state index in [1.165, 1.54) is 14.2 Å². The number of rotatable bonds is 3. The van der Waals surface area contributed by atoms with Crippen molar-refractivity contribution in [2.45, 2.75) is 18.3 Å². The van der Waals surface area contributed by atoms with Gasteiger partial charge in [-0.2, -0.15) is 0 Å². The molecule has 1 aromatic rings. The first-order chi connectivity index (χ1) is 10.1. The van der Waals surface area contributed by atoms with E-state index >= 15 is 0 Å². The molecule has 1 N–H and O–H groups in total. The lowest BCUT2D eigenvalue weighted by Gasteiger charge is -2.24. The molecule has 1 saturated heterocycles. The van der Waals surface area contributed by atoms with Crippen LogP contribution in [0.1, 0.15) is 39.1 Å². The summed E-state index contributed by atoms with van der Waals surface area (Å²) >= 11 is 0. The molecule has 2 unspecified atom stereocenters. The largest absolute Gasteiger partial charge is 0.465 e. The second kappa shape index (κ2) is 5.15. The normalized spacial score (nSPS) is 26.7. The fourth-order valence-electron chi connectivity index (χ4n) is 3.46. The van der Waals surface area contributed by atoms with Crippen molar-refractivity contribution in [3.63, 3.8) is 0 Å². The number of methoxy groups -OCH3 is 2. The van der Waals surface area contributed by atoms with Crippen LogP contribution in [0.3, 0.4) is 0 Å². The Morgan fingerprint density at radius 2 is 1.90 bits per heavy atom. The van der Waals surface area contributed by atoms with E-state index in [1.807, 2.05) is 12.1 Å². The van der Waals surface area contributed by atoms with Gasteiger partial charge in [-0.25, -0.2) is 9.59 Å². The van der Waals surface area contributed by atoms with E-state index in [-0.39, 0.29) is 11.0 Å². The Morgan fingerprint density at radius 3 is 2.57 bits per heavy atom. The number of hydrogen-bond acceptors (Lipinski definition) is 5. The van der Waals surface area contributed by atoms with Gasteiger partial charge in [0.25, 0.3) is 0 Å². The molecular weight excluding hydrogens is 270 g/mol. The quantitative estimate of drug-likeness (QED) is 0.855. The lowest BCUT2D eigenvalue weighted by molar-refractivity contribution is 0.0555. The first-order valence-corrected chi connectivity index (χ1v) is 7.14. The van der Waals surface area contributed by atoms with Gasteiger partial charge in [-0.3, -0.25) is 0 Å². The number of benzene rings is 1. The third kappa shape index (κ3) is 2.21. The lowest BCUT2D eigenvalue weighted by atomic mass is 9.86. The SMILES string of the molecule is COC(=O)c1ccc(C23CCNCC2C3)cc1C(=O)OC. The third-order valence-electron chi connectivity index (χ3n) is 4.78. The summed E-state index contributed by atoms with van der Waals surface area (Å²) in [7, 11) is 2.62. The predicted molar refractivity (Wildman–Crippen MR) is 76.4 cm³/mol. The molecule has 1 aliphatic heterocycles. The molecule has 1 saturated carbocycles. The van der Waals surface area contributed by atoms with Crippen molar-refractivity contribution >= 4 is 11.9 Å². The highest BCUT2D eigenvalue weighted by Crippen LogP contribution is 2.57. The average molecular weight is 289 g/mol. The summed E-state index contributed by atoms with van der Waals surface area (Å²) in [5.41, 5.74) is 1.85. The van der Waals surface area contributed by atoms with E-state index < -0.39 is 11.9 Å². The van der Waals surface area contributed by atoms with E-state index in [0.29, 0.717) is 11.5 Å². The average Bonchev–Trinajstić information content (AvgIpc) is 3.28. The number of carbonyl (C=O) groups excluding carboxylic acids is 2. The molecule has 1 heterocycles. The summed E-state index contributed by atoms with van der Waals surface area (Å²) < 4.78 is 9.54. The second-order valence-corrected chi connectivity index (χ2v) is 5.75. The molecule has 112 valence electrons. The summed E-state index contributed by atoms with van der Waals surface area (Å²) in [6, 6.07) is 5.44. The van der Waals surface area contributed by atoms with Gasteiger partial charge in [0.15, 0.2) is 0 Å². The van der Waals surface area contributed by atoms with Gasteiger partial charge >= 0.3 is 11.9 Å². The monoisotopic (exact) mass is 289 g/mol. The Hall–Kier alpha value is -1.88. The second-order valence-electron chi connectivity index (χ2n) is 5.75. The van der Waals surface area contributed by atoms with Crippen LogP contribution in [-0.2, 0) is 14.9 Å². The number of carbonyl (C=O) groups is 2. The van der Waals surface area contributed by atoms with Gasteiger partial charge in [-0.15, -0.1) is 0 Å². The molecule has 2 atom stereocenters. The molecule has 0 bridgehead atoms. The molecule has 2 fully saturated rings. The van der Waals surface area contributed by atoms with Crippen LogP contribution in [0.4, 0.5) is 0 Å². The standard InChI is InChI=1S/C16H19NO4/c1-20-14(18)12-4-3-10(7-13(12)15(19)21-2)16-5-6-17-9-11(16)8-16/h3-4,7,11,17H,5-6,8-9H2,1-2H3. The van der Waals surface area contributed by atoms with E-state index in [0.717, 1.165) is 31.5 Å². The number of hydrogen-bond donors (Lipinski definition) is 1. The van der Waals surface area contributed by atoms with Crippen molar-refractivity contribution in [3.05, 3.63) is 34.9 Å². The maximum absolute atomic E-state index is 12.0. The van der Waals surface area contributed by atoms with Crippen LogP contribution >= 0.6 is 0 Å². The number of piperidine rings is 1. The highest BCUT2D eigenvalue weighted by Gasteiger charge is 2.56. The summed E-state index contributed by atoms with van der Waals surface area (Å²) in [6.07, 6.45) is 2.20. The Bertz CT molecular complexity index is 598. The van der Waals surface area contributed by atoms with Gasteiger partial charge < -0.3 is 14.8 Å². The molecule has 2 aliphatic rings. The van der Waals surface area contributed by atoms with Crippen LogP contribution in [0.5, 0.6) is 0 Å². The topological polar surface area (TPSA) is 64.6 Å². The van der Waals surface area contributed by atoms with Crippen molar-refractivity contribution < 1.29 is 19.1 Å². The van der Waals surface area contributed by atoms with Gasteiger partial charge in [0.05, 0.1) is 25.3 Å². The zero-order chi connectivity index (χ0) is 15.0. The minimum Gasteiger partial charge on any atom is -0.465 e. The first kappa shape index (κ1) is 14.1. The van der Waals surface area contributed by atoms with Crippen LogP contribution < -0.4 is 5.32 Å². The maximum Gasteiger partial charge on any atom is 0.338 e. The molecule has 0 aromatic heterocycles. The Morgan fingerprint density at radius 1 is 1.19 bits per heavy atom. The Balaban J connectivity index is 2.01. The number of ether oxygens (including phenoxy) is 2. The zero-order valence-electron chi connectivity index (χ0n) is 12.3. The number of fused-ring (bicyclic) bond motifs is 1. The minimum atomic E-state index is -0.517. The van der Waals surface area contributed by atoms with Crippen molar-refractivity contribution in [2.75, 3.05) is 27.3 Å². The van der Waals surface area contributed by atoms with Crippen LogP contribution in [0, 0.1) is 5.92 Å². The van der Waals surface area contributed by atoms with E-state index in [2.05, 4.69) is 5.32 Å². The minimum absolute atomic E-state index is 0.169. The van der Waals surface area contributed by atoms with Gasteiger partial charge in [-0.05, 0) is 49.5 Å². The highest BCUT2D eigenvalue weighted by atomic mass is 16.5. The van der Waals surface area contributed by atoms with Crippen LogP contribution in [0.15, 0.2) is 18.2 Å². The molecule has 1 aromatic carbocycles. The number of nitrogens with one attached hydrogen (secondary N) is 1. The van der Waals surface area contributed by atoms with E-state index in [1.54, 1.807) is 6.07 Å². The molecular formula is C16H19NO4. The summed E-state index contributed by atoms with van der Waals surface area (Å²) in [5, 5.41) is 3.39. The molecule has 21 heavy (non-hydrogen) atoms. The van der Waals surface area contributed by atoms with Gasteiger partial charge in [0.1, 0.15) is 0 Å². The van der Waals surface area contributed by atoms with Crippen LogP contribution in [0.25, 0.3) is 0 Å². The molecule has 5 nitrogen and oxygen atoms in total. The van der Waals surface area contributed by atoms with Gasteiger partial charge in [0.2, 0.25) is 0 Å². The lowest BCUT2D eigenvalue weighted by Crippen LogP contribution is -2.31. The van der Waals surface area contributed by atoms with E-state index in [9.17, 15) is 9.59 Å². The van der Waals surface area contributed by atoms with Crippen molar-refractivity contribution in [2.24, 2.45) is 5.92 Å². The number of esters is 2. The summed E-state index contributed by atoms with van der Waals surface area (Å²) in [4.78, 5) is 23.8. The van der Waals surface area contributed by atoms with Crippen LogP contribution in [0.2, 0.25) is 0 Å². The molecule has 0 spiro atoms. The predicted octanol–water partition coefficient (Wildman–Crippen LogP) is 1.51. The Labute approximate surface area is 123 Å². The molecule has 5 heteroatoms. The molecule has 1 aliphatic carbocycles. The summed E-state index contributed by atoms with van der Waals surface area (Å²) in [5.74, 6) is -0.391. The van der Waals surface area contributed by atoms with Crippen LogP contribution in [-0.4, -0.2) is 39.2 Å². The fraction of sp³-hybridized carbons (Fsp3) is 0.500. The molecule has 0 amide bonds. The first-order valence-electron chi connectivity index (χ1n) is 7.14. The fourth-order valence-corrected chi connectivity index (χ4v) is 3.46. The molecule has 0 radical (unpaired) electrons. The highest BCUT2D eigenvalue weighted by molar-refractivity contribution is 6.03. The van der Waals surface area contributed by atoms with Crippen molar-refractivity contribution in [1.29, 1.82) is 0 Å². The molecule has 3 rings (SSSR count). The maximum atomic E-state index is 12.0. The van der Waals surface area contributed by atoms with Gasteiger partial charge in [-0.1, -0.05) is 6.07 Å². The van der Waals surface area contributed by atoms with E-state index in [4.69, 9.17) is 9.47 Å². The summed E-state index contributed by atoms with van der Waals surface area (Å²) in [6.45, 7) is 2.01.